The molecule has 2 aromatic heterocycles. The molecule has 2 heterocycles. The van der Waals surface area contributed by atoms with Gasteiger partial charge in [-0.1, -0.05) is 0 Å². The Balaban J connectivity index is 2.40. The second-order valence-corrected chi connectivity index (χ2v) is 3.07. The van der Waals surface area contributed by atoms with Crippen LogP contribution in [0.2, 0.25) is 0 Å². The first-order valence-corrected chi connectivity index (χ1v) is 4.57. The summed E-state index contributed by atoms with van der Waals surface area (Å²) in [6.07, 6.45) is 3.00. The van der Waals surface area contributed by atoms with Crippen LogP contribution in [0.5, 0.6) is 0 Å². The number of amides is 1. The Kier molecular flexibility index (Phi) is 2.61. The molecule has 2 aromatic rings. The van der Waals surface area contributed by atoms with Crippen LogP contribution in [0, 0.1) is 0 Å². The highest BCUT2D eigenvalue weighted by Crippen LogP contribution is 2.06. The van der Waals surface area contributed by atoms with E-state index in [1.807, 2.05) is 0 Å². The highest BCUT2D eigenvalue weighted by Gasteiger charge is 2.05. The molecule has 0 aliphatic heterocycles. The van der Waals surface area contributed by atoms with E-state index in [9.17, 15) is 4.79 Å². The lowest BCUT2D eigenvalue weighted by atomic mass is 10.3. The van der Waals surface area contributed by atoms with E-state index >= 15 is 0 Å². The molecular formula is C9H10N6O. The number of hydrogen-bond donors (Lipinski definition) is 2. The molecule has 0 saturated heterocycles. The molecule has 0 aromatic carbocycles. The lowest BCUT2D eigenvalue weighted by molar-refractivity contribution is 0.0995. The summed E-state index contributed by atoms with van der Waals surface area (Å²) in [6.45, 7) is 0.265. The standard InChI is InChI=1S/C9H10N6O/c10-4-8-13-5-15(14-8)6-1-2-12-7(3-6)9(11)16/h1-3,5H,4,10H2,(H2,11,16). The molecule has 7 nitrogen and oxygen atoms in total. The normalized spacial score (nSPS) is 10.3. The van der Waals surface area contributed by atoms with Crippen LogP contribution in [0.4, 0.5) is 0 Å². The second kappa shape index (κ2) is 4.07. The van der Waals surface area contributed by atoms with Crippen LogP contribution in [-0.4, -0.2) is 25.7 Å². The SMILES string of the molecule is NCc1ncn(-c2ccnc(C(N)=O)c2)n1. The van der Waals surface area contributed by atoms with Gasteiger partial charge in [-0.2, -0.15) is 0 Å². The summed E-state index contributed by atoms with van der Waals surface area (Å²) < 4.78 is 1.51. The first-order valence-electron chi connectivity index (χ1n) is 4.57. The third-order valence-corrected chi connectivity index (χ3v) is 1.98. The molecule has 7 heteroatoms. The van der Waals surface area contributed by atoms with E-state index in [0.717, 1.165) is 0 Å². The Hall–Kier alpha value is -2.28. The maximum absolute atomic E-state index is 10.9. The van der Waals surface area contributed by atoms with E-state index in [-0.39, 0.29) is 12.2 Å². The summed E-state index contributed by atoms with van der Waals surface area (Å²) in [5, 5.41) is 4.10. The minimum absolute atomic E-state index is 0.183. The average Bonchev–Trinajstić information content (AvgIpc) is 2.77. The van der Waals surface area contributed by atoms with Crippen LogP contribution in [0.15, 0.2) is 24.7 Å². The third kappa shape index (κ3) is 1.89. The van der Waals surface area contributed by atoms with Crippen molar-refractivity contribution < 1.29 is 4.79 Å². The highest BCUT2D eigenvalue weighted by atomic mass is 16.1. The summed E-state index contributed by atoms with van der Waals surface area (Å²) in [4.78, 5) is 18.7. The van der Waals surface area contributed by atoms with Crippen molar-refractivity contribution in [3.8, 4) is 5.69 Å². The maximum Gasteiger partial charge on any atom is 0.267 e. The van der Waals surface area contributed by atoms with Crippen LogP contribution >= 0.6 is 0 Å². The first-order chi connectivity index (χ1) is 7.70. The van der Waals surface area contributed by atoms with Crippen molar-refractivity contribution in [2.45, 2.75) is 6.54 Å². The van der Waals surface area contributed by atoms with Gasteiger partial charge in [0.2, 0.25) is 0 Å². The number of carbonyl (C=O) groups excluding carboxylic acids is 1. The predicted molar refractivity (Wildman–Crippen MR) is 55.6 cm³/mol. The lowest BCUT2D eigenvalue weighted by Gasteiger charge is -2.00. The Morgan fingerprint density at radius 2 is 2.25 bits per heavy atom. The second-order valence-electron chi connectivity index (χ2n) is 3.07. The van der Waals surface area contributed by atoms with Crippen LogP contribution in [0.25, 0.3) is 5.69 Å². The summed E-state index contributed by atoms with van der Waals surface area (Å²) in [6, 6.07) is 3.23. The molecule has 0 atom stereocenters. The molecule has 0 bridgehead atoms. The van der Waals surface area contributed by atoms with Crippen molar-refractivity contribution in [2.24, 2.45) is 11.5 Å². The van der Waals surface area contributed by atoms with Gasteiger partial charge in [-0.3, -0.25) is 9.78 Å². The molecule has 0 spiro atoms. The van der Waals surface area contributed by atoms with Gasteiger partial charge in [0.25, 0.3) is 5.91 Å². The van der Waals surface area contributed by atoms with Gasteiger partial charge in [-0.05, 0) is 12.1 Å². The summed E-state index contributed by atoms with van der Waals surface area (Å²) in [5.41, 5.74) is 11.4. The molecule has 0 radical (unpaired) electrons. The van der Waals surface area contributed by atoms with Gasteiger partial charge in [-0.15, -0.1) is 5.10 Å². The number of rotatable bonds is 3. The Labute approximate surface area is 91.1 Å². The number of nitrogens with two attached hydrogens (primary N) is 2. The zero-order valence-corrected chi connectivity index (χ0v) is 8.37. The third-order valence-electron chi connectivity index (χ3n) is 1.98. The van der Waals surface area contributed by atoms with Gasteiger partial charge < -0.3 is 11.5 Å². The molecule has 0 fully saturated rings. The number of carbonyl (C=O) groups is 1. The molecular weight excluding hydrogens is 208 g/mol. The quantitative estimate of drug-likeness (QED) is 0.701. The number of nitrogens with zero attached hydrogens (tertiary/aromatic N) is 4. The fourth-order valence-electron chi connectivity index (χ4n) is 1.21. The average molecular weight is 218 g/mol. The fourth-order valence-corrected chi connectivity index (χ4v) is 1.21. The van der Waals surface area contributed by atoms with Crippen molar-refractivity contribution >= 4 is 5.91 Å². The molecule has 1 amide bonds. The van der Waals surface area contributed by atoms with Gasteiger partial charge in [0, 0.05) is 6.20 Å². The summed E-state index contributed by atoms with van der Waals surface area (Å²) in [5.74, 6) is -0.0570. The largest absolute Gasteiger partial charge is 0.364 e. The Morgan fingerprint density at radius 3 is 2.88 bits per heavy atom. The zero-order valence-electron chi connectivity index (χ0n) is 8.37. The minimum Gasteiger partial charge on any atom is -0.364 e. The molecule has 0 saturated carbocycles. The predicted octanol–water partition coefficient (Wildman–Crippen LogP) is -0.780. The van der Waals surface area contributed by atoms with Gasteiger partial charge in [-0.25, -0.2) is 9.67 Å². The monoisotopic (exact) mass is 218 g/mol. The van der Waals surface area contributed by atoms with Gasteiger partial charge in [0.1, 0.15) is 12.0 Å². The highest BCUT2D eigenvalue weighted by molar-refractivity contribution is 5.91. The minimum atomic E-state index is -0.582. The van der Waals surface area contributed by atoms with Crippen LogP contribution in [0.1, 0.15) is 16.3 Å². The number of pyridine rings is 1. The van der Waals surface area contributed by atoms with E-state index < -0.39 is 5.91 Å². The van der Waals surface area contributed by atoms with E-state index in [0.29, 0.717) is 11.5 Å². The molecule has 0 aliphatic carbocycles. The topological polar surface area (TPSA) is 113 Å². The molecule has 16 heavy (non-hydrogen) atoms. The van der Waals surface area contributed by atoms with Gasteiger partial charge >= 0.3 is 0 Å². The molecule has 2 rings (SSSR count). The van der Waals surface area contributed by atoms with Crippen molar-refractivity contribution in [2.75, 3.05) is 0 Å². The number of primary amides is 1. The van der Waals surface area contributed by atoms with Crippen molar-refractivity contribution in [3.05, 3.63) is 36.2 Å². The summed E-state index contributed by atoms with van der Waals surface area (Å²) >= 11 is 0. The molecule has 4 N–H and O–H groups in total. The smallest absolute Gasteiger partial charge is 0.267 e. The van der Waals surface area contributed by atoms with Crippen LogP contribution in [0.3, 0.4) is 0 Å². The van der Waals surface area contributed by atoms with Crippen molar-refractivity contribution in [1.82, 2.24) is 19.7 Å². The van der Waals surface area contributed by atoms with Crippen LogP contribution in [-0.2, 0) is 6.54 Å². The van der Waals surface area contributed by atoms with Crippen LogP contribution < -0.4 is 11.5 Å². The first kappa shape index (κ1) is 10.2. The summed E-state index contributed by atoms with van der Waals surface area (Å²) in [7, 11) is 0. The number of aromatic nitrogens is 4. The van der Waals surface area contributed by atoms with Crippen molar-refractivity contribution in [1.29, 1.82) is 0 Å². The Morgan fingerprint density at radius 1 is 1.44 bits per heavy atom. The van der Waals surface area contributed by atoms with Crippen molar-refractivity contribution in [3.63, 3.8) is 0 Å². The lowest BCUT2D eigenvalue weighted by Crippen LogP contribution is -2.13. The van der Waals surface area contributed by atoms with E-state index in [1.54, 1.807) is 6.07 Å². The zero-order chi connectivity index (χ0) is 11.5. The molecule has 82 valence electrons. The maximum atomic E-state index is 10.9. The molecule has 0 aliphatic rings. The Bertz CT molecular complexity index is 520. The van der Waals surface area contributed by atoms with Gasteiger partial charge in [0.15, 0.2) is 5.82 Å². The fraction of sp³-hybridized carbons (Fsp3) is 0.111. The van der Waals surface area contributed by atoms with E-state index in [1.165, 1.54) is 23.3 Å². The van der Waals surface area contributed by atoms with Gasteiger partial charge in [0.05, 0.1) is 12.2 Å². The molecule has 0 unspecified atom stereocenters. The van der Waals surface area contributed by atoms with E-state index in [2.05, 4.69) is 15.1 Å². The van der Waals surface area contributed by atoms with E-state index in [4.69, 9.17) is 11.5 Å². The number of hydrogen-bond acceptors (Lipinski definition) is 5.